The minimum Gasteiger partial charge on any atom is -0.321 e. The van der Waals surface area contributed by atoms with Crippen LogP contribution in [-0.4, -0.2) is 34.8 Å². The highest BCUT2D eigenvalue weighted by atomic mass is 35.5. The number of anilines is 2. The molecule has 0 atom stereocenters. The maximum Gasteiger partial charge on any atom is 0.258 e. The monoisotopic (exact) mass is 454 g/mol. The van der Waals surface area contributed by atoms with Gasteiger partial charge in [0.25, 0.3) is 11.8 Å². The number of benzene rings is 2. The Morgan fingerprint density at radius 1 is 0.903 bits per heavy atom. The second-order valence-electron chi connectivity index (χ2n) is 7.29. The second kappa shape index (κ2) is 9.47. The molecule has 0 radical (unpaired) electrons. The molecule has 6 nitrogen and oxygen atoms in total. The molecular formula is C23H20Cl2N4O2. The molecule has 31 heavy (non-hydrogen) atoms. The van der Waals surface area contributed by atoms with E-state index in [1.807, 2.05) is 12.1 Å². The van der Waals surface area contributed by atoms with Gasteiger partial charge in [0, 0.05) is 23.3 Å². The SMILES string of the molecule is O=C(Nc1ccc(Cl)cc1C(=O)Nc1ccc(Cl)cn1)c1ccc(CN2CCC2)cc1. The quantitative estimate of drug-likeness (QED) is 0.543. The van der Waals surface area contributed by atoms with Crippen molar-refractivity contribution in [1.29, 1.82) is 0 Å². The molecular weight excluding hydrogens is 435 g/mol. The fourth-order valence-electron chi connectivity index (χ4n) is 3.20. The Morgan fingerprint density at radius 2 is 1.65 bits per heavy atom. The Morgan fingerprint density at radius 3 is 2.29 bits per heavy atom. The van der Waals surface area contributed by atoms with E-state index in [-0.39, 0.29) is 11.5 Å². The first kappa shape index (κ1) is 21.3. The average Bonchev–Trinajstić information content (AvgIpc) is 2.74. The molecule has 0 aliphatic carbocycles. The van der Waals surface area contributed by atoms with Crippen molar-refractivity contribution in [2.45, 2.75) is 13.0 Å². The van der Waals surface area contributed by atoms with E-state index in [1.54, 1.807) is 36.4 Å². The van der Waals surface area contributed by atoms with Crippen LogP contribution in [0.25, 0.3) is 0 Å². The van der Waals surface area contributed by atoms with Gasteiger partial charge in [-0.2, -0.15) is 0 Å². The van der Waals surface area contributed by atoms with Crippen LogP contribution in [-0.2, 0) is 6.54 Å². The summed E-state index contributed by atoms with van der Waals surface area (Å²) in [6.45, 7) is 3.13. The normalized spacial score (nSPS) is 13.4. The maximum absolute atomic E-state index is 12.8. The van der Waals surface area contributed by atoms with Gasteiger partial charge in [-0.05, 0) is 67.5 Å². The van der Waals surface area contributed by atoms with Gasteiger partial charge in [-0.3, -0.25) is 14.5 Å². The van der Waals surface area contributed by atoms with Gasteiger partial charge in [0.2, 0.25) is 0 Å². The lowest BCUT2D eigenvalue weighted by molar-refractivity contribution is 0.102. The molecule has 2 heterocycles. The van der Waals surface area contributed by atoms with Crippen LogP contribution in [0.3, 0.4) is 0 Å². The van der Waals surface area contributed by atoms with Crippen molar-refractivity contribution < 1.29 is 9.59 Å². The van der Waals surface area contributed by atoms with Gasteiger partial charge in [0.1, 0.15) is 5.82 Å². The fraction of sp³-hybridized carbons (Fsp3) is 0.174. The number of hydrogen-bond donors (Lipinski definition) is 2. The number of aromatic nitrogens is 1. The standard InChI is InChI=1S/C23H20Cl2N4O2/c24-17-6-8-20(19(12-17)23(31)28-21-9-7-18(25)13-26-21)27-22(30)16-4-2-15(3-5-16)14-29-10-1-11-29/h2-9,12-13H,1,10-11,14H2,(H,27,30)(H,26,28,31). The lowest BCUT2D eigenvalue weighted by Crippen LogP contribution is -2.36. The number of nitrogens with one attached hydrogen (secondary N) is 2. The lowest BCUT2D eigenvalue weighted by Gasteiger charge is -2.30. The molecule has 8 heteroatoms. The van der Waals surface area contributed by atoms with Crippen LogP contribution >= 0.6 is 23.2 Å². The molecule has 1 aliphatic heterocycles. The number of hydrogen-bond acceptors (Lipinski definition) is 4. The zero-order chi connectivity index (χ0) is 21.8. The van der Waals surface area contributed by atoms with Crippen molar-refractivity contribution in [2.75, 3.05) is 23.7 Å². The molecule has 1 fully saturated rings. The fourth-order valence-corrected chi connectivity index (χ4v) is 3.48. The number of nitrogens with zero attached hydrogens (tertiary/aromatic N) is 2. The summed E-state index contributed by atoms with van der Waals surface area (Å²) in [5, 5.41) is 6.32. The highest BCUT2D eigenvalue weighted by Gasteiger charge is 2.17. The van der Waals surface area contributed by atoms with E-state index in [1.165, 1.54) is 24.2 Å². The zero-order valence-electron chi connectivity index (χ0n) is 16.6. The molecule has 0 spiro atoms. The van der Waals surface area contributed by atoms with E-state index in [0.29, 0.717) is 27.1 Å². The first-order chi connectivity index (χ1) is 15.0. The molecule has 1 saturated heterocycles. The van der Waals surface area contributed by atoms with E-state index in [0.717, 1.165) is 19.6 Å². The molecule has 3 aromatic rings. The third kappa shape index (κ3) is 5.41. The minimum absolute atomic E-state index is 0.229. The Bertz CT molecular complexity index is 1100. The number of pyridine rings is 1. The summed E-state index contributed by atoms with van der Waals surface area (Å²) in [7, 11) is 0. The van der Waals surface area contributed by atoms with Crippen LogP contribution in [0.5, 0.6) is 0 Å². The summed E-state index contributed by atoms with van der Waals surface area (Å²) in [6.07, 6.45) is 2.68. The summed E-state index contributed by atoms with van der Waals surface area (Å²) in [6, 6.07) is 15.4. The molecule has 2 N–H and O–H groups in total. The van der Waals surface area contributed by atoms with E-state index in [4.69, 9.17) is 23.2 Å². The first-order valence-electron chi connectivity index (χ1n) is 9.83. The maximum atomic E-state index is 12.8. The van der Waals surface area contributed by atoms with Crippen LogP contribution in [0.15, 0.2) is 60.8 Å². The van der Waals surface area contributed by atoms with Crippen LogP contribution in [0.1, 0.15) is 32.7 Å². The van der Waals surface area contributed by atoms with Gasteiger partial charge in [-0.25, -0.2) is 4.98 Å². The Kier molecular flexibility index (Phi) is 6.51. The molecule has 0 bridgehead atoms. The number of carbonyl (C=O) groups excluding carboxylic acids is 2. The second-order valence-corrected chi connectivity index (χ2v) is 8.16. The lowest BCUT2D eigenvalue weighted by atomic mass is 10.1. The molecule has 2 aromatic carbocycles. The number of likely N-dealkylation sites (tertiary alicyclic amines) is 1. The van der Waals surface area contributed by atoms with E-state index in [9.17, 15) is 9.59 Å². The zero-order valence-corrected chi connectivity index (χ0v) is 18.1. The van der Waals surface area contributed by atoms with Gasteiger partial charge >= 0.3 is 0 Å². The predicted octanol–water partition coefficient (Wildman–Crippen LogP) is 5.10. The van der Waals surface area contributed by atoms with E-state index >= 15 is 0 Å². The predicted molar refractivity (Wildman–Crippen MR) is 123 cm³/mol. The van der Waals surface area contributed by atoms with Gasteiger partial charge in [-0.15, -0.1) is 0 Å². The smallest absolute Gasteiger partial charge is 0.258 e. The summed E-state index contributed by atoms with van der Waals surface area (Å²) >= 11 is 11.9. The van der Waals surface area contributed by atoms with E-state index < -0.39 is 5.91 Å². The molecule has 0 unspecified atom stereocenters. The topological polar surface area (TPSA) is 74.3 Å². The number of carbonyl (C=O) groups is 2. The summed E-state index contributed by atoms with van der Waals surface area (Å²) in [5.74, 6) is -0.418. The highest BCUT2D eigenvalue weighted by Crippen LogP contribution is 2.23. The molecule has 4 rings (SSSR count). The number of rotatable bonds is 6. The van der Waals surface area contributed by atoms with Crippen molar-refractivity contribution in [3.63, 3.8) is 0 Å². The van der Waals surface area contributed by atoms with E-state index in [2.05, 4.69) is 20.5 Å². The third-order valence-electron chi connectivity index (χ3n) is 5.01. The molecule has 2 amide bonds. The molecule has 0 saturated carbocycles. The van der Waals surface area contributed by atoms with Crippen LogP contribution in [0.4, 0.5) is 11.5 Å². The van der Waals surface area contributed by atoms with Crippen molar-refractivity contribution >= 4 is 46.5 Å². The Labute approximate surface area is 190 Å². The minimum atomic E-state index is -0.447. The van der Waals surface area contributed by atoms with Crippen molar-refractivity contribution in [3.8, 4) is 0 Å². The number of halogens is 2. The Balaban J connectivity index is 1.48. The molecule has 1 aromatic heterocycles. The van der Waals surface area contributed by atoms with Gasteiger partial charge in [0.15, 0.2) is 0 Å². The van der Waals surface area contributed by atoms with Gasteiger partial charge < -0.3 is 10.6 Å². The summed E-state index contributed by atoms with van der Waals surface area (Å²) in [5.41, 5.74) is 2.25. The summed E-state index contributed by atoms with van der Waals surface area (Å²) in [4.78, 5) is 31.9. The van der Waals surface area contributed by atoms with Gasteiger partial charge in [-0.1, -0.05) is 35.3 Å². The molecule has 1 aliphatic rings. The largest absolute Gasteiger partial charge is 0.321 e. The highest BCUT2D eigenvalue weighted by molar-refractivity contribution is 6.31. The van der Waals surface area contributed by atoms with Crippen LogP contribution in [0, 0.1) is 0 Å². The Hall–Kier alpha value is -2.93. The first-order valence-corrected chi connectivity index (χ1v) is 10.6. The summed E-state index contributed by atoms with van der Waals surface area (Å²) < 4.78 is 0. The molecule has 158 valence electrons. The van der Waals surface area contributed by atoms with Crippen LogP contribution < -0.4 is 10.6 Å². The van der Waals surface area contributed by atoms with Crippen LogP contribution in [0.2, 0.25) is 10.0 Å². The van der Waals surface area contributed by atoms with Crippen molar-refractivity contribution in [2.24, 2.45) is 0 Å². The van der Waals surface area contributed by atoms with Gasteiger partial charge in [0.05, 0.1) is 16.3 Å². The van der Waals surface area contributed by atoms with Crippen molar-refractivity contribution in [3.05, 3.63) is 87.5 Å². The number of amides is 2. The average molecular weight is 455 g/mol. The third-order valence-corrected chi connectivity index (χ3v) is 5.47. The van der Waals surface area contributed by atoms with Crippen molar-refractivity contribution in [1.82, 2.24) is 9.88 Å².